The predicted molar refractivity (Wildman–Crippen MR) is 512 cm³/mol. The van der Waals surface area contributed by atoms with Gasteiger partial charge in [-0.3, -0.25) is 20.4 Å². The molecular weight excluding hydrogens is 1990 g/mol. The number of benzene rings is 12. The molecule has 2 saturated heterocycles. The lowest BCUT2D eigenvalue weighted by Gasteiger charge is -2.16. The van der Waals surface area contributed by atoms with Gasteiger partial charge in [-0.15, -0.1) is 0 Å². The minimum absolute atomic E-state index is 0.0984. The third-order valence-electron chi connectivity index (χ3n) is 20.3. The second-order valence-electron chi connectivity index (χ2n) is 29.3. The number of rotatable bonds is 18. The first-order valence-corrected chi connectivity index (χ1v) is 50.0. The van der Waals surface area contributed by atoms with Crippen molar-refractivity contribution in [2.45, 2.75) is 114 Å². The number of amides is 2. The summed E-state index contributed by atoms with van der Waals surface area (Å²) in [7, 11) is -7.23. The summed E-state index contributed by atoms with van der Waals surface area (Å²) in [6.45, 7) is 8.38. The zero-order chi connectivity index (χ0) is 86.8. The van der Waals surface area contributed by atoms with E-state index < -0.39 is 20.0 Å². The molecule has 6 aliphatic rings. The fourth-order valence-electron chi connectivity index (χ4n) is 14.1. The van der Waals surface area contributed by atoms with E-state index in [0.29, 0.717) is 57.0 Å². The van der Waals surface area contributed by atoms with Crippen LogP contribution in [0.25, 0.3) is 0 Å². The Morgan fingerprint density at radius 2 is 0.669 bits per heavy atom. The Labute approximate surface area is 780 Å². The van der Waals surface area contributed by atoms with Crippen molar-refractivity contribution in [1.29, 1.82) is 0 Å². The number of fused-ring (bicyclic) bond motifs is 8. The number of nitrogens with zero attached hydrogens (tertiary/aromatic N) is 6. The fourth-order valence-corrected chi connectivity index (χ4v) is 22.5. The van der Waals surface area contributed by atoms with E-state index in [1.54, 1.807) is 60.3 Å². The second kappa shape index (κ2) is 41.2. The van der Waals surface area contributed by atoms with Crippen molar-refractivity contribution < 1.29 is 35.2 Å². The zero-order valence-corrected chi connectivity index (χ0v) is 79.4. The minimum Gasteiger partial charge on any atom is -0.285 e. The van der Waals surface area contributed by atoms with Gasteiger partial charge < -0.3 is 0 Å². The average molecular weight is 2060 g/mol. The van der Waals surface area contributed by atoms with Crippen molar-refractivity contribution in [3.05, 3.63) is 338 Å². The van der Waals surface area contributed by atoms with Crippen LogP contribution in [0.4, 0.5) is 31.5 Å². The number of hydrogen-bond donors (Lipinski definition) is 4. The van der Waals surface area contributed by atoms with Crippen molar-refractivity contribution in [3.8, 4) is 0 Å². The van der Waals surface area contributed by atoms with Crippen LogP contribution in [0.1, 0.15) is 130 Å². The molecule has 16 nitrogen and oxygen atoms in total. The first-order valence-electron chi connectivity index (χ1n) is 39.8. The van der Waals surface area contributed by atoms with Crippen molar-refractivity contribution in [2.75, 3.05) is 39.3 Å². The Kier molecular flexibility index (Phi) is 30.1. The standard InChI is InChI=1S/C24H19BrClN3OS.C24H19BrFN3OS.C23H20BrClN2O2S2.C23H20BrFN2O2S2/c2*25-17-5-3-4-15(12-17)23-19-8-7-18(26)14-22(19)31-21-9-6-16(13-20(21)27-23)24(30)28-29-10-1-2-11-29;2*1-2-3-11-26-31(28,29)18-8-10-21-20(14-18)27-23(15-5-4-6-16(24)12-15)19-9-7-17(25)13-22(19)30-21/h2*3-9,12-14H,1-2,10-11H2,(H,28,30);2*4-10,12-14,26H,2-3,11H2,1H3. The third kappa shape index (κ3) is 22.5. The van der Waals surface area contributed by atoms with Gasteiger partial charge in [0.25, 0.3) is 11.8 Å². The van der Waals surface area contributed by atoms with Gasteiger partial charge in [-0.25, -0.2) is 65.0 Å². The molecule has 6 heterocycles. The van der Waals surface area contributed by atoms with Crippen LogP contribution < -0.4 is 20.3 Å². The van der Waals surface area contributed by atoms with E-state index in [-0.39, 0.29) is 33.2 Å². The van der Waals surface area contributed by atoms with E-state index in [4.69, 9.17) is 43.2 Å². The number of unbranched alkanes of at least 4 members (excludes halogenated alkanes) is 2. The van der Waals surface area contributed by atoms with Gasteiger partial charge in [-0.1, -0.05) is 221 Å². The number of nitrogens with one attached hydrogen (secondary N) is 4. The molecule has 18 rings (SSSR count). The summed E-state index contributed by atoms with van der Waals surface area (Å²) in [4.78, 5) is 52.8. The maximum atomic E-state index is 14.0. The number of carbonyl (C=O) groups excluding carboxylic acids is 2. The molecule has 0 aromatic heterocycles. The lowest BCUT2D eigenvalue weighted by molar-refractivity contribution is 0.0818. The maximum Gasteiger partial charge on any atom is 0.265 e. The molecule has 30 heteroatoms. The van der Waals surface area contributed by atoms with Gasteiger partial charge in [0.2, 0.25) is 20.0 Å². The van der Waals surface area contributed by atoms with Crippen LogP contribution >= 0.6 is 134 Å². The molecule has 2 amide bonds. The number of halogens is 8. The molecule has 0 aliphatic carbocycles. The summed E-state index contributed by atoms with van der Waals surface area (Å²) in [5, 5.41) is 5.27. The third-order valence-corrected chi connectivity index (χ3v) is 30.1. The Bertz CT molecular complexity index is 6130. The first kappa shape index (κ1) is 90.5. The van der Waals surface area contributed by atoms with Gasteiger partial charge in [0.15, 0.2) is 0 Å². The van der Waals surface area contributed by atoms with E-state index in [1.807, 2.05) is 188 Å². The molecule has 0 spiro atoms. The van der Waals surface area contributed by atoms with Crippen molar-refractivity contribution in [1.82, 2.24) is 30.3 Å². The van der Waals surface area contributed by atoms with E-state index in [9.17, 15) is 35.2 Å². The second-order valence-corrected chi connectivity index (χ2v) is 41.7. The highest BCUT2D eigenvalue weighted by atomic mass is 79.9. The van der Waals surface area contributed by atoms with Crippen molar-refractivity contribution >= 4 is 211 Å². The van der Waals surface area contributed by atoms with E-state index in [1.165, 1.54) is 59.6 Å². The Morgan fingerprint density at radius 3 is 0.984 bits per heavy atom. The average Bonchev–Trinajstić information content (AvgIpc) is 1.64. The first-order chi connectivity index (χ1) is 59.9. The predicted octanol–water partition coefficient (Wildman–Crippen LogP) is 25.6. The van der Waals surface area contributed by atoms with Crippen LogP contribution in [0, 0.1) is 11.6 Å². The Morgan fingerprint density at radius 1 is 0.371 bits per heavy atom. The molecular formula is C94H78Br4Cl2F2N10O6S6. The van der Waals surface area contributed by atoms with Crippen LogP contribution in [0.5, 0.6) is 0 Å². The van der Waals surface area contributed by atoms with Crippen LogP contribution in [-0.2, 0) is 20.0 Å². The van der Waals surface area contributed by atoms with Gasteiger partial charge in [0.05, 0.1) is 55.4 Å². The van der Waals surface area contributed by atoms with Crippen LogP contribution in [-0.4, -0.2) is 101 Å². The number of aliphatic imine (C=N–C) groups is 4. The maximum absolute atomic E-state index is 14.0. The SMILES string of the molecule is CCCCNS(=O)(=O)c1ccc2c(c1)N=C(c1cccc(Br)c1)c1ccc(Cl)cc1S2.CCCCNS(=O)(=O)c1ccc2c(c1)N=C(c1cccc(Br)c1)c1ccc(F)cc1S2.O=C(NN1CCCC1)c1ccc2c(c1)N=C(c1cccc(Br)c1)c1ccc(Cl)cc1S2.O=C(NN1CCCC1)c1ccc2c(c1)N=C(c1cccc(Br)c1)c1ccc(F)cc1S2. The summed E-state index contributed by atoms with van der Waals surface area (Å²) < 4.78 is 88.0. The molecule has 0 atom stereocenters. The molecule has 12 aromatic rings. The highest BCUT2D eigenvalue weighted by molar-refractivity contribution is 9.11. The number of hydrogen-bond acceptors (Lipinski definition) is 16. The van der Waals surface area contributed by atoms with Crippen LogP contribution in [0.3, 0.4) is 0 Å². The largest absolute Gasteiger partial charge is 0.285 e. The van der Waals surface area contributed by atoms with Gasteiger partial charge in [-0.2, -0.15) is 0 Å². The number of sulfonamides is 2. The van der Waals surface area contributed by atoms with Crippen LogP contribution in [0.2, 0.25) is 10.0 Å². The topological polar surface area (TPSA) is 206 Å². The molecule has 0 unspecified atom stereocenters. The van der Waals surface area contributed by atoms with E-state index in [0.717, 1.165) is 202 Å². The molecule has 4 N–H and O–H groups in total. The quantitative estimate of drug-likeness (QED) is 0.0592. The van der Waals surface area contributed by atoms with Crippen molar-refractivity contribution in [2.24, 2.45) is 20.0 Å². The summed E-state index contributed by atoms with van der Waals surface area (Å²) in [6, 6.07) is 73.7. The smallest absolute Gasteiger partial charge is 0.265 e. The molecule has 632 valence electrons. The Hall–Kier alpha value is -8.24. The summed E-state index contributed by atoms with van der Waals surface area (Å²) >= 11 is 32.7. The van der Waals surface area contributed by atoms with Gasteiger partial charge in [-0.05, 0) is 221 Å². The van der Waals surface area contributed by atoms with Gasteiger partial charge >= 0.3 is 0 Å². The zero-order valence-electron chi connectivity index (χ0n) is 66.6. The highest BCUT2D eigenvalue weighted by Gasteiger charge is 2.29. The highest BCUT2D eigenvalue weighted by Crippen LogP contribution is 2.48. The molecule has 6 aliphatic heterocycles. The summed E-state index contributed by atoms with van der Waals surface area (Å²) in [5.74, 6) is -0.854. The molecule has 124 heavy (non-hydrogen) atoms. The molecule has 12 aromatic carbocycles. The van der Waals surface area contributed by atoms with E-state index >= 15 is 0 Å². The molecule has 0 radical (unpaired) electrons. The molecule has 0 saturated carbocycles. The fraction of sp³-hybridized carbons (Fsp3) is 0.170. The minimum atomic E-state index is -3.64. The summed E-state index contributed by atoms with van der Waals surface area (Å²) in [5.41, 5.74) is 20.2. The molecule has 2 fully saturated rings. The normalized spacial score (nSPS) is 14.4. The lowest BCUT2D eigenvalue weighted by Crippen LogP contribution is -2.39. The number of hydrazine groups is 2. The van der Waals surface area contributed by atoms with Gasteiger partial charge in [0.1, 0.15) is 11.6 Å². The van der Waals surface area contributed by atoms with Crippen LogP contribution in [0.15, 0.2) is 329 Å². The van der Waals surface area contributed by atoms with Crippen molar-refractivity contribution in [3.63, 3.8) is 0 Å². The molecule has 0 bridgehead atoms. The Balaban J connectivity index is 0.000000128. The lowest BCUT2D eigenvalue weighted by atomic mass is 10.0. The summed E-state index contributed by atoms with van der Waals surface area (Å²) in [6.07, 6.45) is 7.80. The monoisotopic (exact) mass is 2060 g/mol. The number of carbonyl (C=O) groups is 2. The van der Waals surface area contributed by atoms with E-state index in [2.05, 4.69) is 90.1 Å². The van der Waals surface area contributed by atoms with Gasteiger partial charge in [0, 0.05) is 162 Å².